The Morgan fingerprint density at radius 3 is 1.14 bits per heavy atom. The molecule has 0 aliphatic heterocycles. The highest BCUT2D eigenvalue weighted by molar-refractivity contribution is 6.00. The van der Waals surface area contributed by atoms with Crippen molar-refractivity contribution in [2.75, 3.05) is 13.2 Å². The monoisotopic (exact) mass is 692 g/mol. The number of benzene rings is 2. The van der Waals surface area contributed by atoms with E-state index in [-0.39, 0.29) is 0 Å². The second kappa shape index (κ2) is 14.6. The maximum atomic E-state index is 12.9. The van der Waals surface area contributed by atoms with Gasteiger partial charge in [0.05, 0.1) is 0 Å². The lowest BCUT2D eigenvalue weighted by molar-refractivity contribution is -0.147. The Morgan fingerprint density at radius 2 is 0.880 bits per heavy atom. The van der Waals surface area contributed by atoms with Crippen LogP contribution in [0.1, 0.15) is 102 Å². The summed E-state index contributed by atoms with van der Waals surface area (Å²) < 4.78 is 21.2. The van der Waals surface area contributed by atoms with Crippen LogP contribution in [0.25, 0.3) is 11.1 Å². The van der Waals surface area contributed by atoms with Crippen molar-refractivity contribution in [3.05, 3.63) is 59.7 Å². The summed E-state index contributed by atoms with van der Waals surface area (Å²) in [5.74, 6) is -2.20. The smallest absolute Gasteiger partial charge is 0.408 e. The van der Waals surface area contributed by atoms with Crippen molar-refractivity contribution in [3.63, 3.8) is 0 Å². The van der Waals surface area contributed by atoms with Crippen molar-refractivity contribution < 1.29 is 47.7 Å². The number of ether oxygens (including phenoxy) is 4. The molecule has 2 aromatic rings. The van der Waals surface area contributed by atoms with E-state index in [2.05, 4.69) is 10.6 Å². The normalized spacial score (nSPS) is 16.9. The quantitative estimate of drug-likeness (QED) is 0.141. The van der Waals surface area contributed by atoms with Gasteiger partial charge in [-0.25, -0.2) is 19.2 Å². The molecule has 12 nitrogen and oxygen atoms in total. The highest BCUT2D eigenvalue weighted by atomic mass is 16.6. The van der Waals surface area contributed by atoms with E-state index < -0.39 is 83.0 Å². The Bertz CT molecular complexity index is 1490. The molecule has 2 N–H and O–H groups in total. The molecule has 4 rings (SSSR count). The Morgan fingerprint density at radius 1 is 0.580 bits per heavy atom. The highest BCUT2D eigenvalue weighted by Crippen LogP contribution is 2.49. The van der Waals surface area contributed by atoms with E-state index in [0.29, 0.717) is 11.1 Å². The molecule has 0 aromatic heterocycles. The molecule has 0 saturated heterocycles. The van der Waals surface area contributed by atoms with Crippen LogP contribution in [0, 0.1) is 10.8 Å². The number of carbonyl (C=O) groups excluding carboxylic acids is 6. The zero-order valence-electron chi connectivity index (χ0n) is 30.1. The average molecular weight is 693 g/mol. The molecule has 0 bridgehead atoms. The molecule has 2 amide bonds. The molecule has 0 spiro atoms. The van der Waals surface area contributed by atoms with Crippen molar-refractivity contribution in [2.24, 2.45) is 10.8 Å². The van der Waals surface area contributed by atoms with Crippen LogP contribution < -0.4 is 10.6 Å². The van der Waals surface area contributed by atoms with Crippen LogP contribution in [0.15, 0.2) is 48.5 Å². The summed E-state index contributed by atoms with van der Waals surface area (Å²) >= 11 is 0. The molecule has 2 aliphatic carbocycles. The third-order valence-corrected chi connectivity index (χ3v) is 8.70. The van der Waals surface area contributed by atoms with Crippen LogP contribution in [0.5, 0.6) is 0 Å². The SMILES string of the molecule is CC(C)(C)OC(=O)N[C@H](C(=O)OCC(=O)c1ccc(-c2ccc(C(=O)COC(=O)[C@@H](NC(=O)OC(C)(C)C)C3(C)CC3)cc2)cc1)C1(C)CC1. The fraction of sp³-hybridized carbons (Fsp3) is 0.526. The number of nitrogens with one attached hydrogen (secondary N) is 2. The summed E-state index contributed by atoms with van der Waals surface area (Å²) in [4.78, 5) is 76.1. The van der Waals surface area contributed by atoms with E-state index in [4.69, 9.17) is 18.9 Å². The van der Waals surface area contributed by atoms with Gasteiger partial charge in [-0.2, -0.15) is 0 Å². The van der Waals surface area contributed by atoms with Gasteiger partial charge in [0.1, 0.15) is 23.3 Å². The van der Waals surface area contributed by atoms with E-state index in [1.165, 1.54) is 0 Å². The minimum absolute atomic E-state index is 0.337. The van der Waals surface area contributed by atoms with Crippen molar-refractivity contribution in [2.45, 2.75) is 104 Å². The Labute approximate surface area is 292 Å². The lowest BCUT2D eigenvalue weighted by atomic mass is 9.99. The fourth-order valence-corrected chi connectivity index (χ4v) is 5.16. The van der Waals surface area contributed by atoms with Gasteiger partial charge >= 0.3 is 24.1 Å². The number of rotatable bonds is 13. The van der Waals surface area contributed by atoms with Crippen LogP contribution >= 0.6 is 0 Å². The van der Waals surface area contributed by atoms with E-state index in [1.54, 1.807) is 90.1 Å². The zero-order chi connectivity index (χ0) is 37.1. The van der Waals surface area contributed by atoms with Gasteiger partial charge in [-0.05, 0) is 89.2 Å². The van der Waals surface area contributed by atoms with Crippen LogP contribution in [-0.4, -0.2) is 72.2 Å². The Balaban J connectivity index is 1.28. The lowest BCUT2D eigenvalue weighted by Crippen LogP contribution is -2.49. The highest BCUT2D eigenvalue weighted by Gasteiger charge is 2.51. The molecular formula is C38H48N2O10. The number of carbonyl (C=O) groups is 6. The summed E-state index contributed by atoms with van der Waals surface area (Å²) in [5, 5.41) is 5.21. The first-order valence-electron chi connectivity index (χ1n) is 16.8. The van der Waals surface area contributed by atoms with E-state index in [9.17, 15) is 28.8 Å². The zero-order valence-corrected chi connectivity index (χ0v) is 30.1. The molecule has 2 saturated carbocycles. The molecule has 2 fully saturated rings. The topological polar surface area (TPSA) is 163 Å². The van der Waals surface area contributed by atoms with Crippen LogP contribution in [0.2, 0.25) is 0 Å². The van der Waals surface area contributed by atoms with Crippen molar-refractivity contribution in [1.29, 1.82) is 0 Å². The minimum atomic E-state index is -0.932. The first kappa shape index (κ1) is 38.1. The van der Waals surface area contributed by atoms with Crippen LogP contribution in [-0.2, 0) is 28.5 Å². The molecule has 2 atom stereocenters. The number of Topliss-reactive ketones (excluding diaryl/α,β-unsaturated/α-hetero) is 2. The number of alkyl carbamates (subject to hydrolysis) is 2. The van der Waals surface area contributed by atoms with Crippen molar-refractivity contribution in [1.82, 2.24) is 10.6 Å². The summed E-state index contributed by atoms with van der Waals surface area (Å²) in [6, 6.07) is 11.6. The molecule has 0 heterocycles. The average Bonchev–Trinajstić information content (AvgIpc) is 3.96. The number of amides is 2. The van der Waals surface area contributed by atoms with Gasteiger partial charge in [-0.1, -0.05) is 62.4 Å². The van der Waals surface area contributed by atoms with Crippen molar-refractivity contribution in [3.8, 4) is 11.1 Å². The van der Waals surface area contributed by atoms with Gasteiger partial charge < -0.3 is 29.6 Å². The Hall–Kier alpha value is -4.74. The van der Waals surface area contributed by atoms with Gasteiger partial charge in [0.2, 0.25) is 0 Å². The number of ketones is 2. The lowest BCUT2D eigenvalue weighted by Gasteiger charge is -2.26. The predicted molar refractivity (Wildman–Crippen MR) is 183 cm³/mol. The summed E-state index contributed by atoms with van der Waals surface area (Å²) in [7, 11) is 0. The first-order valence-corrected chi connectivity index (χ1v) is 16.8. The van der Waals surface area contributed by atoms with E-state index >= 15 is 0 Å². The van der Waals surface area contributed by atoms with Gasteiger partial charge in [0.25, 0.3) is 0 Å². The first-order chi connectivity index (χ1) is 23.2. The maximum absolute atomic E-state index is 12.9. The Kier molecular flexibility index (Phi) is 11.1. The standard InChI is InChI=1S/C38H48N2O10/c1-35(2,3)49-33(45)39-29(37(7)17-18-37)31(43)47-21-27(41)25-13-9-23(10-14-25)24-11-15-26(16-12-24)28(42)22-48-32(44)30(38(8)19-20-38)40-34(46)50-36(4,5)6/h9-16,29-30H,17-22H2,1-8H3,(H,39,45)(H,40,46)/t29-,30-/m1/s1. The van der Waals surface area contributed by atoms with Gasteiger partial charge in [0.15, 0.2) is 24.8 Å². The second-order valence-electron chi connectivity index (χ2n) is 15.7. The predicted octanol–water partition coefficient (Wildman–Crippen LogP) is 6.19. The van der Waals surface area contributed by atoms with Crippen molar-refractivity contribution >= 4 is 35.7 Å². The van der Waals surface area contributed by atoms with Crippen LogP contribution in [0.4, 0.5) is 9.59 Å². The number of hydrogen-bond donors (Lipinski definition) is 2. The molecule has 2 aliphatic rings. The molecule has 270 valence electrons. The molecule has 0 unspecified atom stereocenters. The summed E-state index contributed by atoms with van der Waals surface area (Å²) in [6.45, 7) is 13.1. The third-order valence-electron chi connectivity index (χ3n) is 8.70. The second-order valence-corrected chi connectivity index (χ2v) is 15.7. The number of esters is 2. The molecule has 50 heavy (non-hydrogen) atoms. The van der Waals surface area contributed by atoms with Gasteiger partial charge in [0, 0.05) is 11.1 Å². The fourth-order valence-electron chi connectivity index (χ4n) is 5.16. The largest absolute Gasteiger partial charge is 0.456 e. The molecule has 12 heteroatoms. The summed E-state index contributed by atoms with van der Waals surface area (Å²) in [6.07, 6.45) is 1.48. The summed E-state index contributed by atoms with van der Waals surface area (Å²) in [5.41, 5.74) is -0.147. The minimum Gasteiger partial charge on any atom is -0.456 e. The van der Waals surface area contributed by atoms with E-state index in [1.807, 2.05) is 13.8 Å². The van der Waals surface area contributed by atoms with Crippen LogP contribution in [0.3, 0.4) is 0 Å². The molecular weight excluding hydrogens is 644 g/mol. The molecule has 0 radical (unpaired) electrons. The van der Waals surface area contributed by atoms with Gasteiger partial charge in [-0.15, -0.1) is 0 Å². The third kappa shape index (κ3) is 10.6. The number of hydrogen-bond acceptors (Lipinski definition) is 10. The molecule has 2 aromatic carbocycles. The maximum Gasteiger partial charge on any atom is 0.408 e. The van der Waals surface area contributed by atoms with E-state index in [0.717, 1.165) is 36.8 Å². The van der Waals surface area contributed by atoms with Gasteiger partial charge in [-0.3, -0.25) is 9.59 Å².